The number of hydrogen-bond acceptors (Lipinski definition) is 2. The van der Waals surface area contributed by atoms with E-state index in [1.165, 1.54) is 32.1 Å². The summed E-state index contributed by atoms with van der Waals surface area (Å²) in [5.74, 6) is 1.15. The first kappa shape index (κ1) is 15.0. The van der Waals surface area contributed by atoms with E-state index >= 15 is 0 Å². The number of ketones is 1. The molecule has 90 valence electrons. The van der Waals surface area contributed by atoms with E-state index in [9.17, 15) is 4.79 Å². The molecule has 0 aliphatic rings. The molecule has 0 fully saturated rings. The number of hydrogen-bond donors (Lipinski definition) is 0. The summed E-state index contributed by atoms with van der Waals surface area (Å²) in [6, 6.07) is 0. The third kappa shape index (κ3) is 11.9. The summed E-state index contributed by atoms with van der Waals surface area (Å²) >= 11 is 1.76. The zero-order chi connectivity index (χ0) is 11.5. The Morgan fingerprint density at radius 1 is 1.07 bits per heavy atom. The van der Waals surface area contributed by atoms with Crippen molar-refractivity contribution in [2.75, 3.05) is 5.75 Å². The molecule has 15 heavy (non-hydrogen) atoms. The molecule has 0 amide bonds. The Morgan fingerprint density at radius 3 is 2.27 bits per heavy atom. The number of carbonyl (C=O) groups excluding carboxylic acids is 1. The average Bonchev–Trinajstić information content (AvgIpc) is 2.20. The van der Waals surface area contributed by atoms with Crippen LogP contribution in [0.15, 0.2) is 0 Å². The van der Waals surface area contributed by atoms with Gasteiger partial charge in [-0.3, -0.25) is 4.79 Å². The molecule has 0 aromatic heterocycles. The molecule has 2 heteroatoms. The molecule has 0 aromatic carbocycles. The highest BCUT2D eigenvalue weighted by molar-refractivity contribution is 8.00. The van der Waals surface area contributed by atoms with Gasteiger partial charge in [-0.05, 0) is 11.7 Å². The highest BCUT2D eigenvalue weighted by atomic mass is 32.2. The Labute approximate surface area is 99.4 Å². The summed E-state index contributed by atoms with van der Waals surface area (Å²) in [7, 11) is 0. The molecule has 0 unspecified atom stereocenters. The molecule has 0 saturated heterocycles. The number of thioether (sulfide) groups is 1. The molecule has 0 aliphatic heterocycles. The molecule has 0 aliphatic carbocycles. The molecular formula is C13H26OS. The van der Waals surface area contributed by atoms with E-state index < -0.39 is 0 Å². The summed E-state index contributed by atoms with van der Waals surface area (Å²) in [4.78, 5) is 11.4. The Bertz CT molecular complexity index is 155. The van der Waals surface area contributed by atoms with E-state index in [0.717, 1.165) is 12.8 Å². The van der Waals surface area contributed by atoms with Crippen LogP contribution in [0.2, 0.25) is 0 Å². The van der Waals surface area contributed by atoms with E-state index in [4.69, 9.17) is 0 Å². The minimum Gasteiger partial charge on any atom is -0.299 e. The lowest BCUT2D eigenvalue weighted by Gasteiger charge is -2.04. The van der Waals surface area contributed by atoms with Crippen LogP contribution in [-0.2, 0) is 4.79 Å². The summed E-state index contributed by atoms with van der Waals surface area (Å²) in [5.41, 5.74) is 0. The first-order valence-corrected chi connectivity index (χ1v) is 7.35. The fourth-order valence-corrected chi connectivity index (χ4v) is 2.10. The molecule has 0 spiro atoms. The third-order valence-electron chi connectivity index (χ3n) is 2.39. The maximum Gasteiger partial charge on any atom is 0.142 e. The minimum absolute atomic E-state index is 0.434. The molecule has 0 atom stereocenters. The van der Waals surface area contributed by atoms with Crippen LogP contribution in [0.4, 0.5) is 0 Å². The Kier molecular flexibility index (Phi) is 10.5. The van der Waals surface area contributed by atoms with Gasteiger partial charge in [-0.15, -0.1) is 0 Å². The van der Waals surface area contributed by atoms with Gasteiger partial charge in [0.25, 0.3) is 0 Å². The number of rotatable bonds is 10. The molecule has 0 aromatic rings. The van der Waals surface area contributed by atoms with Crippen LogP contribution in [0.3, 0.4) is 0 Å². The SMILES string of the molecule is CCCCCCCCC(=O)CSC(C)C. The molecule has 0 rings (SSSR count). The van der Waals surface area contributed by atoms with Gasteiger partial charge >= 0.3 is 0 Å². The minimum atomic E-state index is 0.434. The van der Waals surface area contributed by atoms with Crippen molar-refractivity contribution in [1.29, 1.82) is 0 Å². The first-order chi connectivity index (χ1) is 7.16. The third-order valence-corrected chi connectivity index (χ3v) is 3.54. The molecule has 0 N–H and O–H groups in total. The summed E-state index contributed by atoms with van der Waals surface area (Å²) in [6.07, 6.45) is 8.41. The van der Waals surface area contributed by atoms with Crippen LogP contribution in [0.25, 0.3) is 0 Å². The smallest absolute Gasteiger partial charge is 0.142 e. The van der Waals surface area contributed by atoms with E-state index in [1.807, 2.05) is 0 Å². The fraction of sp³-hybridized carbons (Fsp3) is 0.923. The standard InChI is InChI=1S/C13H26OS/c1-4-5-6-7-8-9-10-13(14)11-15-12(2)3/h12H,4-11H2,1-3H3. The topological polar surface area (TPSA) is 17.1 Å². The summed E-state index contributed by atoms with van der Waals surface area (Å²) < 4.78 is 0. The van der Waals surface area contributed by atoms with Crippen molar-refractivity contribution in [1.82, 2.24) is 0 Å². The molecule has 0 heterocycles. The molecule has 0 bridgehead atoms. The lowest BCUT2D eigenvalue weighted by Crippen LogP contribution is -2.03. The van der Waals surface area contributed by atoms with Gasteiger partial charge < -0.3 is 0 Å². The van der Waals surface area contributed by atoms with Crippen molar-refractivity contribution < 1.29 is 4.79 Å². The maximum absolute atomic E-state index is 11.4. The number of unbranched alkanes of at least 4 members (excludes halogenated alkanes) is 5. The monoisotopic (exact) mass is 230 g/mol. The van der Waals surface area contributed by atoms with Gasteiger partial charge in [-0.2, -0.15) is 11.8 Å². The largest absolute Gasteiger partial charge is 0.299 e. The van der Waals surface area contributed by atoms with Gasteiger partial charge in [-0.25, -0.2) is 0 Å². The Balaban J connectivity index is 3.17. The second-order valence-corrected chi connectivity index (χ2v) is 5.98. The Hall–Kier alpha value is 0.0200. The van der Waals surface area contributed by atoms with E-state index in [2.05, 4.69) is 20.8 Å². The van der Waals surface area contributed by atoms with Crippen molar-refractivity contribution in [3.8, 4) is 0 Å². The zero-order valence-corrected chi connectivity index (χ0v) is 11.4. The van der Waals surface area contributed by atoms with Gasteiger partial charge in [0.2, 0.25) is 0 Å². The second-order valence-electron chi connectivity index (χ2n) is 4.42. The highest BCUT2D eigenvalue weighted by Crippen LogP contribution is 2.12. The average molecular weight is 230 g/mol. The van der Waals surface area contributed by atoms with Crippen molar-refractivity contribution in [3.63, 3.8) is 0 Å². The summed E-state index contributed by atoms with van der Waals surface area (Å²) in [5, 5.41) is 0.582. The van der Waals surface area contributed by atoms with Crippen LogP contribution < -0.4 is 0 Å². The maximum atomic E-state index is 11.4. The lowest BCUT2D eigenvalue weighted by molar-refractivity contribution is -0.116. The predicted molar refractivity (Wildman–Crippen MR) is 70.6 cm³/mol. The van der Waals surface area contributed by atoms with Crippen molar-refractivity contribution >= 4 is 17.5 Å². The van der Waals surface area contributed by atoms with Gasteiger partial charge in [-0.1, -0.05) is 52.9 Å². The fourth-order valence-electron chi connectivity index (χ4n) is 1.43. The van der Waals surface area contributed by atoms with Crippen molar-refractivity contribution in [3.05, 3.63) is 0 Å². The van der Waals surface area contributed by atoms with E-state index in [1.54, 1.807) is 11.8 Å². The molecule has 1 nitrogen and oxygen atoms in total. The van der Waals surface area contributed by atoms with Crippen LogP contribution in [0, 0.1) is 0 Å². The van der Waals surface area contributed by atoms with Crippen LogP contribution in [-0.4, -0.2) is 16.8 Å². The van der Waals surface area contributed by atoms with Gasteiger partial charge in [0.15, 0.2) is 0 Å². The van der Waals surface area contributed by atoms with Crippen molar-refractivity contribution in [2.24, 2.45) is 0 Å². The van der Waals surface area contributed by atoms with E-state index in [0.29, 0.717) is 16.8 Å². The summed E-state index contributed by atoms with van der Waals surface area (Å²) in [6.45, 7) is 6.51. The van der Waals surface area contributed by atoms with Crippen molar-refractivity contribution in [2.45, 2.75) is 71.0 Å². The van der Waals surface area contributed by atoms with Gasteiger partial charge in [0.05, 0.1) is 5.75 Å². The molecule has 0 radical (unpaired) electrons. The number of carbonyl (C=O) groups is 1. The normalized spacial score (nSPS) is 10.9. The highest BCUT2D eigenvalue weighted by Gasteiger charge is 2.03. The van der Waals surface area contributed by atoms with Crippen LogP contribution >= 0.6 is 11.8 Å². The zero-order valence-electron chi connectivity index (χ0n) is 10.6. The second kappa shape index (κ2) is 10.5. The quantitative estimate of drug-likeness (QED) is 0.516. The van der Waals surface area contributed by atoms with Crippen LogP contribution in [0.1, 0.15) is 65.7 Å². The van der Waals surface area contributed by atoms with Crippen LogP contribution in [0.5, 0.6) is 0 Å². The van der Waals surface area contributed by atoms with E-state index in [-0.39, 0.29) is 0 Å². The Morgan fingerprint density at radius 2 is 1.67 bits per heavy atom. The number of Topliss-reactive ketones (excluding diaryl/α,β-unsaturated/α-hetero) is 1. The molecular weight excluding hydrogens is 204 g/mol. The molecule has 0 saturated carbocycles. The predicted octanol–water partition coefficient (Wildman–Crippen LogP) is 4.45. The first-order valence-electron chi connectivity index (χ1n) is 6.30. The van der Waals surface area contributed by atoms with Gasteiger partial charge in [0, 0.05) is 6.42 Å². The van der Waals surface area contributed by atoms with Gasteiger partial charge in [0.1, 0.15) is 5.78 Å². The lowest BCUT2D eigenvalue weighted by atomic mass is 10.1.